The molecule has 0 aliphatic carbocycles. The lowest BCUT2D eigenvalue weighted by Gasteiger charge is -2.21. The average molecular weight is 593 g/mol. The van der Waals surface area contributed by atoms with Crippen LogP contribution in [0.4, 0.5) is 0 Å². The molecule has 0 amide bonds. The predicted molar refractivity (Wildman–Crippen MR) is 197 cm³/mol. The molecule has 1 N–H and O–H groups in total. The van der Waals surface area contributed by atoms with Gasteiger partial charge < -0.3 is 5.32 Å². The van der Waals surface area contributed by atoms with Crippen LogP contribution >= 0.6 is 0 Å². The van der Waals surface area contributed by atoms with E-state index in [0.717, 1.165) is 29.1 Å². The highest BCUT2D eigenvalue weighted by atomic mass is 14.8. The van der Waals surface area contributed by atoms with Gasteiger partial charge in [0.25, 0.3) is 0 Å². The lowest BCUT2D eigenvalue weighted by Crippen LogP contribution is -2.10. The standard InChI is InChI=1S/C44H36N2/c1-44(2,3)35-23-21-29(22-24-35)42-36-11-4-6-13-38(36)43(39-14-7-5-12-37(39)42)33-20-18-30-26-32(19-17-31(30)27-33)40-15-8-16-41(46-40)34-10-9-25-45-28-34/h4-24,26-28,45H,25H2,1-3H3. The first-order valence-corrected chi connectivity index (χ1v) is 16.1. The maximum atomic E-state index is 5.00. The largest absolute Gasteiger partial charge is 0.387 e. The van der Waals surface area contributed by atoms with Crippen LogP contribution in [0.1, 0.15) is 32.0 Å². The number of nitrogens with zero attached hydrogens (tertiary/aromatic N) is 1. The van der Waals surface area contributed by atoms with Gasteiger partial charge in [-0.15, -0.1) is 0 Å². The molecule has 46 heavy (non-hydrogen) atoms. The molecule has 1 aliphatic heterocycles. The van der Waals surface area contributed by atoms with E-state index in [2.05, 4.69) is 166 Å². The van der Waals surface area contributed by atoms with Crippen LogP contribution in [-0.4, -0.2) is 11.5 Å². The van der Waals surface area contributed by atoms with E-state index in [1.165, 1.54) is 60.1 Å². The topological polar surface area (TPSA) is 24.9 Å². The number of nitrogens with one attached hydrogen (secondary N) is 1. The Morgan fingerprint density at radius 2 is 1.09 bits per heavy atom. The van der Waals surface area contributed by atoms with Gasteiger partial charge in [-0.1, -0.05) is 136 Å². The molecule has 2 heterocycles. The summed E-state index contributed by atoms with van der Waals surface area (Å²) in [5.41, 5.74) is 10.7. The van der Waals surface area contributed by atoms with Gasteiger partial charge in [0.15, 0.2) is 0 Å². The molecule has 6 aromatic carbocycles. The van der Waals surface area contributed by atoms with E-state index in [4.69, 9.17) is 4.98 Å². The Labute approximate surface area is 270 Å². The molecular weight excluding hydrogens is 556 g/mol. The molecule has 0 atom stereocenters. The molecule has 0 radical (unpaired) electrons. The molecule has 1 aromatic heterocycles. The van der Waals surface area contributed by atoms with Gasteiger partial charge in [0.1, 0.15) is 0 Å². The van der Waals surface area contributed by atoms with Gasteiger partial charge in [0, 0.05) is 23.9 Å². The molecule has 1 aliphatic rings. The van der Waals surface area contributed by atoms with Crippen molar-refractivity contribution in [3.63, 3.8) is 0 Å². The molecule has 7 aromatic rings. The third kappa shape index (κ3) is 4.97. The Morgan fingerprint density at radius 1 is 0.543 bits per heavy atom. The van der Waals surface area contributed by atoms with E-state index in [1.807, 2.05) is 6.20 Å². The third-order valence-corrected chi connectivity index (χ3v) is 9.23. The van der Waals surface area contributed by atoms with Crippen LogP contribution < -0.4 is 5.32 Å². The Morgan fingerprint density at radius 3 is 1.67 bits per heavy atom. The van der Waals surface area contributed by atoms with Gasteiger partial charge in [-0.2, -0.15) is 0 Å². The van der Waals surface area contributed by atoms with Gasteiger partial charge >= 0.3 is 0 Å². The highest BCUT2D eigenvalue weighted by Gasteiger charge is 2.18. The summed E-state index contributed by atoms with van der Waals surface area (Å²) in [6.07, 6.45) is 6.30. The SMILES string of the molecule is CC(C)(C)c1ccc(-c2c3ccccc3c(-c3ccc4cc(-c5cccc(C6=CNCC=C6)n5)ccc4c3)c3ccccc23)cc1. The first kappa shape index (κ1) is 28.0. The zero-order valence-corrected chi connectivity index (χ0v) is 26.5. The Hall–Kier alpha value is -5.47. The minimum absolute atomic E-state index is 0.117. The van der Waals surface area contributed by atoms with E-state index in [0.29, 0.717) is 0 Å². The summed E-state index contributed by atoms with van der Waals surface area (Å²) in [6.45, 7) is 7.67. The Kier molecular flexibility index (Phi) is 6.80. The molecular formula is C44H36N2. The molecule has 0 fully saturated rings. The lowest BCUT2D eigenvalue weighted by atomic mass is 9.83. The van der Waals surface area contributed by atoms with E-state index in [1.54, 1.807) is 0 Å². The number of fused-ring (bicyclic) bond motifs is 3. The molecule has 0 spiro atoms. The monoisotopic (exact) mass is 592 g/mol. The van der Waals surface area contributed by atoms with E-state index in [-0.39, 0.29) is 5.41 Å². The van der Waals surface area contributed by atoms with Crippen molar-refractivity contribution < 1.29 is 0 Å². The lowest BCUT2D eigenvalue weighted by molar-refractivity contribution is 0.590. The first-order chi connectivity index (χ1) is 22.4. The smallest absolute Gasteiger partial charge is 0.0723 e. The zero-order chi connectivity index (χ0) is 31.3. The maximum absolute atomic E-state index is 5.00. The molecule has 0 saturated heterocycles. The van der Waals surface area contributed by atoms with Crippen molar-refractivity contribution in [1.82, 2.24) is 10.3 Å². The average Bonchev–Trinajstić information content (AvgIpc) is 3.10. The predicted octanol–water partition coefficient (Wildman–Crippen LogP) is 11.3. The van der Waals surface area contributed by atoms with Crippen LogP contribution in [-0.2, 0) is 5.41 Å². The fourth-order valence-electron chi connectivity index (χ4n) is 6.83. The number of rotatable bonds is 4. The van der Waals surface area contributed by atoms with Crippen LogP contribution in [0.3, 0.4) is 0 Å². The minimum Gasteiger partial charge on any atom is -0.387 e. The molecule has 222 valence electrons. The van der Waals surface area contributed by atoms with E-state index < -0.39 is 0 Å². The molecule has 2 heteroatoms. The second-order valence-corrected chi connectivity index (χ2v) is 13.3. The third-order valence-electron chi connectivity index (χ3n) is 9.23. The zero-order valence-electron chi connectivity index (χ0n) is 26.5. The normalized spacial score (nSPS) is 13.2. The van der Waals surface area contributed by atoms with Crippen LogP contribution in [0.2, 0.25) is 0 Å². The summed E-state index contributed by atoms with van der Waals surface area (Å²) < 4.78 is 0. The van der Waals surface area contributed by atoms with Crippen molar-refractivity contribution in [2.24, 2.45) is 0 Å². The summed E-state index contributed by atoms with van der Waals surface area (Å²) in [4.78, 5) is 5.00. The molecule has 8 rings (SSSR count). The number of hydrogen-bond donors (Lipinski definition) is 1. The summed E-state index contributed by atoms with van der Waals surface area (Å²) in [6, 6.07) is 46.8. The number of benzene rings is 6. The van der Waals surface area contributed by atoms with Crippen molar-refractivity contribution in [3.8, 4) is 33.5 Å². The first-order valence-electron chi connectivity index (χ1n) is 16.1. The molecule has 0 saturated carbocycles. The fraction of sp³-hybridized carbons (Fsp3) is 0.114. The summed E-state index contributed by atoms with van der Waals surface area (Å²) in [5.74, 6) is 0. The summed E-state index contributed by atoms with van der Waals surface area (Å²) in [5, 5.41) is 10.8. The number of pyridine rings is 1. The maximum Gasteiger partial charge on any atom is 0.0723 e. The quantitative estimate of drug-likeness (QED) is 0.206. The van der Waals surface area contributed by atoms with Crippen molar-refractivity contribution in [1.29, 1.82) is 0 Å². The van der Waals surface area contributed by atoms with E-state index >= 15 is 0 Å². The van der Waals surface area contributed by atoms with Gasteiger partial charge in [-0.25, -0.2) is 4.98 Å². The molecule has 0 unspecified atom stereocenters. The fourth-order valence-corrected chi connectivity index (χ4v) is 6.83. The molecule has 2 nitrogen and oxygen atoms in total. The van der Waals surface area contributed by atoms with E-state index in [9.17, 15) is 0 Å². The second kappa shape index (κ2) is 11.2. The Balaban J connectivity index is 1.25. The second-order valence-electron chi connectivity index (χ2n) is 13.3. The summed E-state index contributed by atoms with van der Waals surface area (Å²) in [7, 11) is 0. The van der Waals surface area contributed by atoms with Gasteiger partial charge in [-0.05, 0) is 89.8 Å². The molecule has 0 bridgehead atoms. The van der Waals surface area contributed by atoms with Crippen molar-refractivity contribution in [2.45, 2.75) is 26.2 Å². The van der Waals surface area contributed by atoms with Gasteiger partial charge in [0.05, 0.1) is 11.4 Å². The van der Waals surface area contributed by atoms with Crippen LogP contribution in [0.25, 0.3) is 71.4 Å². The van der Waals surface area contributed by atoms with Crippen LogP contribution in [0.5, 0.6) is 0 Å². The number of aromatic nitrogens is 1. The van der Waals surface area contributed by atoms with Gasteiger partial charge in [0.2, 0.25) is 0 Å². The highest BCUT2D eigenvalue weighted by molar-refractivity contribution is 6.21. The number of hydrogen-bond acceptors (Lipinski definition) is 2. The van der Waals surface area contributed by atoms with Crippen LogP contribution in [0, 0.1) is 0 Å². The minimum atomic E-state index is 0.117. The van der Waals surface area contributed by atoms with Crippen molar-refractivity contribution in [3.05, 3.63) is 157 Å². The number of allylic oxidation sites excluding steroid dienone is 2. The van der Waals surface area contributed by atoms with Crippen molar-refractivity contribution >= 4 is 37.9 Å². The van der Waals surface area contributed by atoms with Crippen molar-refractivity contribution in [2.75, 3.05) is 6.54 Å². The highest BCUT2D eigenvalue weighted by Crippen LogP contribution is 2.44. The number of dihydropyridines is 1. The Bertz CT molecular complexity index is 2280. The summed E-state index contributed by atoms with van der Waals surface area (Å²) >= 11 is 0. The van der Waals surface area contributed by atoms with Crippen LogP contribution in [0.15, 0.2) is 146 Å². The van der Waals surface area contributed by atoms with Gasteiger partial charge in [-0.3, -0.25) is 0 Å².